The van der Waals surface area contributed by atoms with Gasteiger partial charge in [0, 0.05) is 42.7 Å². The fourth-order valence-corrected chi connectivity index (χ4v) is 7.80. The molecule has 3 aliphatic rings. The summed E-state index contributed by atoms with van der Waals surface area (Å²) in [5, 5.41) is 3.87. The lowest BCUT2D eigenvalue weighted by Crippen LogP contribution is -2.50. The Kier molecular flexibility index (Phi) is 5.46. The lowest BCUT2D eigenvalue weighted by Gasteiger charge is -2.34. The van der Waals surface area contributed by atoms with Crippen LogP contribution < -0.4 is 5.32 Å². The molecule has 2 fully saturated rings. The van der Waals surface area contributed by atoms with Gasteiger partial charge in [-0.05, 0) is 30.3 Å². The molecule has 2 amide bonds. The Bertz CT molecular complexity index is 1170. The third-order valence-corrected chi connectivity index (χ3v) is 8.91. The van der Waals surface area contributed by atoms with Gasteiger partial charge in [-0.3, -0.25) is 14.6 Å². The van der Waals surface area contributed by atoms with E-state index >= 15 is 0 Å². The number of amides is 2. The van der Waals surface area contributed by atoms with Crippen LogP contribution in [0.1, 0.15) is 20.9 Å². The number of fused-ring (bicyclic) bond motifs is 1. The van der Waals surface area contributed by atoms with Crippen LogP contribution in [-0.2, 0) is 9.84 Å². The molecule has 9 nitrogen and oxygen atoms in total. The number of aliphatic imine (C=N–C) groups is 1. The smallest absolute Gasteiger partial charge is 0.289 e. The number of sulfone groups is 1. The van der Waals surface area contributed by atoms with Crippen LogP contribution in [0.25, 0.3) is 0 Å². The van der Waals surface area contributed by atoms with Gasteiger partial charge < -0.3 is 19.5 Å². The highest BCUT2D eigenvalue weighted by Gasteiger charge is 2.42. The van der Waals surface area contributed by atoms with Crippen LogP contribution in [0.3, 0.4) is 0 Å². The summed E-state index contributed by atoms with van der Waals surface area (Å²) < 4.78 is 28.6. The second-order valence-corrected chi connectivity index (χ2v) is 11.4. The summed E-state index contributed by atoms with van der Waals surface area (Å²) in [6.45, 7) is 1.79. The number of piperazine rings is 1. The Balaban J connectivity index is 1.20. The normalized spacial score (nSPS) is 24.2. The zero-order valence-corrected chi connectivity index (χ0v) is 18.8. The van der Waals surface area contributed by atoms with E-state index in [4.69, 9.17) is 4.42 Å². The maximum absolute atomic E-state index is 13.0. The topological polar surface area (TPSA) is 112 Å². The van der Waals surface area contributed by atoms with E-state index in [1.165, 1.54) is 18.0 Å². The van der Waals surface area contributed by atoms with Crippen molar-refractivity contribution in [3.8, 4) is 0 Å². The van der Waals surface area contributed by atoms with Crippen molar-refractivity contribution < 1.29 is 22.4 Å². The molecule has 11 heteroatoms. The molecule has 2 aromatic rings. The van der Waals surface area contributed by atoms with Gasteiger partial charge in [0.25, 0.3) is 11.8 Å². The SMILES string of the molecule is O=C(c1cccc(NC2=N[C@@H]3CS(=O)(=O)C[C@H]3S2)c1)N1CCN(C(=O)c2ccco2)CC1. The first kappa shape index (κ1) is 21.1. The molecule has 1 N–H and O–H groups in total. The minimum absolute atomic E-state index is 0.0347. The average molecular weight is 475 g/mol. The quantitative estimate of drug-likeness (QED) is 0.718. The maximum Gasteiger partial charge on any atom is 0.289 e. The summed E-state index contributed by atoms with van der Waals surface area (Å²) in [6, 6.07) is 10.3. The number of benzene rings is 1. The van der Waals surface area contributed by atoms with Crippen molar-refractivity contribution in [2.24, 2.45) is 4.99 Å². The molecule has 168 valence electrons. The van der Waals surface area contributed by atoms with E-state index in [1.54, 1.807) is 40.1 Å². The number of rotatable bonds is 3. The summed E-state index contributed by atoms with van der Waals surface area (Å²) in [6.07, 6.45) is 1.47. The first-order chi connectivity index (χ1) is 15.4. The van der Waals surface area contributed by atoms with E-state index in [-0.39, 0.29) is 34.6 Å². The van der Waals surface area contributed by atoms with Gasteiger partial charge in [0.15, 0.2) is 20.8 Å². The second-order valence-electron chi connectivity index (χ2n) is 8.00. The third-order valence-electron chi connectivity index (χ3n) is 5.76. The van der Waals surface area contributed by atoms with Gasteiger partial charge in [0.05, 0.1) is 23.8 Å². The van der Waals surface area contributed by atoms with Crippen molar-refractivity contribution in [2.75, 3.05) is 43.0 Å². The molecule has 1 aromatic heterocycles. The van der Waals surface area contributed by atoms with Crippen LogP contribution >= 0.6 is 11.8 Å². The van der Waals surface area contributed by atoms with Gasteiger partial charge >= 0.3 is 0 Å². The molecule has 0 bridgehead atoms. The first-order valence-electron chi connectivity index (χ1n) is 10.3. The number of hydrogen-bond donors (Lipinski definition) is 1. The van der Waals surface area contributed by atoms with Crippen LogP contribution in [0, 0.1) is 0 Å². The highest BCUT2D eigenvalue weighted by atomic mass is 32.2. The van der Waals surface area contributed by atoms with E-state index in [0.29, 0.717) is 42.7 Å². The number of amidine groups is 1. The molecule has 2 saturated heterocycles. The average Bonchev–Trinajstić information content (AvgIpc) is 3.48. The van der Waals surface area contributed by atoms with Crippen LogP contribution in [0.2, 0.25) is 0 Å². The summed E-state index contributed by atoms with van der Waals surface area (Å²) in [5.41, 5.74) is 1.28. The van der Waals surface area contributed by atoms with E-state index in [1.807, 2.05) is 6.07 Å². The molecule has 1 aromatic carbocycles. The second kappa shape index (κ2) is 8.28. The molecule has 0 saturated carbocycles. The number of nitrogens with one attached hydrogen (secondary N) is 1. The van der Waals surface area contributed by atoms with E-state index in [9.17, 15) is 18.0 Å². The standard InChI is InChI=1S/C21H22N4O5S2/c26-19(24-6-8-25(9-7-24)20(27)17-5-2-10-30-17)14-3-1-4-15(11-14)22-21-23-16-12-32(28,29)13-18(16)31-21/h1-5,10-11,16,18H,6-9,12-13H2,(H,22,23)/t16-,18-/m1/s1. The third kappa shape index (κ3) is 4.26. The Hall–Kier alpha value is -2.79. The number of anilines is 1. The van der Waals surface area contributed by atoms with E-state index in [0.717, 1.165) is 5.69 Å². The molecule has 2 atom stereocenters. The number of nitrogens with zero attached hydrogens (tertiary/aromatic N) is 3. The van der Waals surface area contributed by atoms with Crippen LogP contribution in [0.5, 0.6) is 0 Å². The summed E-state index contributed by atoms with van der Waals surface area (Å²) in [4.78, 5) is 33.3. The lowest BCUT2D eigenvalue weighted by atomic mass is 10.1. The minimum atomic E-state index is -2.99. The minimum Gasteiger partial charge on any atom is -0.459 e. The van der Waals surface area contributed by atoms with Gasteiger partial charge in [-0.1, -0.05) is 17.8 Å². The molecule has 0 radical (unpaired) electrons. The number of thioether (sulfide) groups is 1. The lowest BCUT2D eigenvalue weighted by molar-refractivity contribution is 0.0518. The number of furan rings is 1. The van der Waals surface area contributed by atoms with Crippen LogP contribution in [0.4, 0.5) is 5.69 Å². The van der Waals surface area contributed by atoms with Crippen molar-refractivity contribution in [3.05, 3.63) is 54.0 Å². The Morgan fingerprint density at radius 3 is 2.47 bits per heavy atom. The van der Waals surface area contributed by atoms with Gasteiger partial charge in [0.2, 0.25) is 0 Å². The molecule has 0 aliphatic carbocycles. The highest BCUT2D eigenvalue weighted by molar-refractivity contribution is 8.15. The summed E-state index contributed by atoms with van der Waals surface area (Å²) in [5.74, 6) is 0.300. The van der Waals surface area contributed by atoms with Gasteiger partial charge in [-0.15, -0.1) is 0 Å². The molecular weight excluding hydrogens is 452 g/mol. The van der Waals surface area contributed by atoms with Crippen molar-refractivity contribution in [3.63, 3.8) is 0 Å². The van der Waals surface area contributed by atoms with Crippen molar-refractivity contribution in [2.45, 2.75) is 11.3 Å². The molecule has 3 aliphatic heterocycles. The fourth-order valence-electron chi connectivity index (χ4n) is 4.12. The molecule has 5 rings (SSSR count). The monoisotopic (exact) mass is 474 g/mol. The van der Waals surface area contributed by atoms with Crippen LogP contribution in [0.15, 0.2) is 52.1 Å². The van der Waals surface area contributed by atoms with Gasteiger partial charge in [-0.25, -0.2) is 8.42 Å². The zero-order valence-electron chi connectivity index (χ0n) is 17.1. The summed E-state index contributed by atoms with van der Waals surface area (Å²) in [7, 11) is -2.99. The predicted octanol–water partition coefficient (Wildman–Crippen LogP) is 1.56. The Morgan fingerprint density at radius 2 is 1.78 bits per heavy atom. The first-order valence-corrected chi connectivity index (χ1v) is 13.0. The Labute approximate surface area is 189 Å². The molecule has 32 heavy (non-hydrogen) atoms. The highest BCUT2D eigenvalue weighted by Crippen LogP contribution is 2.34. The Morgan fingerprint density at radius 1 is 1.03 bits per heavy atom. The number of carbonyl (C=O) groups excluding carboxylic acids is 2. The molecule has 4 heterocycles. The van der Waals surface area contributed by atoms with E-state index < -0.39 is 9.84 Å². The van der Waals surface area contributed by atoms with Gasteiger partial charge in [-0.2, -0.15) is 0 Å². The van der Waals surface area contributed by atoms with E-state index in [2.05, 4.69) is 10.3 Å². The molecule has 0 spiro atoms. The van der Waals surface area contributed by atoms with Crippen molar-refractivity contribution >= 4 is 44.3 Å². The summed E-state index contributed by atoms with van der Waals surface area (Å²) >= 11 is 1.44. The largest absolute Gasteiger partial charge is 0.459 e. The fraction of sp³-hybridized carbons (Fsp3) is 0.381. The number of carbonyl (C=O) groups is 2. The zero-order chi connectivity index (χ0) is 22.3. The van der Waals surface area contributed by atoms with Crippen molar-refractivity contribution in [1.82, 2.24) is 9.80 Å². The predicted molar refractivity (Wildman–Crippen MR) is 122 cm³/mol. The molecular formula is C21H22N4O5S2. The maximum atomic E-state index is 13.0. The van der Waals surface area contributed by atoms with Crippen molar-refractivity contribution in [1.29, 1.82) is 0 Å². The number of hydrogen-bond acceptors (Lipinski definition) is 8. The van der Waals surface area contributed by atoms with Gasteiger partial charge in [0.1, 0.15) is 0 Å². The van der Waals surface area contributed by atoms with Crippen LogP contribution in [-0.4, -0.2) is 84.2 Å². The molecule has 0 unspecified atom stereocenters.